The quantitative estimate of drug-likeness (QED) is 0.155. The van der Waals surface area contributed by atoms with Crippen molar-refractivity contribution in [2.45, 2.75) is 19.3 Å². The van der Waals surface area contributed by atoms with Crippen molar-refractivity contribution in [3.05, 3.63) is 225 Å². The van der Waals surface area contributed by atoms with E-state index in [9.17, 15) is 0 Å². The first-order valence-electron chi connectivity index (χ1n) is 21.1. The fourth-order valence-electron chi connectivity index (χ4n) is 10.5. The van der Waals surface area contributed by atoms with Crippen molar-refractivity contribution in [1.29, 1.82) is 0 Å². The van der Waals surface area contributed by atoms with Gasteiger partial charge in [0.2, 0.25) is 0 Å². The third-order valence-corrected chi connectivity index (χ3v) is 15.6. The maximum atomic E-state index is 2.53. The lowest BCUT2D eigenvalue weighted by Crippen LogP contribution is -2.26. The molecule has 286 valence electrons. The summed E-state index contributed by atoms with van der Waals surface area (Å²) in [5, 5.41) is 15.3. The molecule has 12 aromatic rings. The van der Waals surface area contributed by atoms with Gasteiger partial charge in [0.05, 0.1) is 5.41 Å². The molecule has 0 nitrogen and oxygen atoms in total. The van der Waals surface area contributed by atoms with Crippen LogP contribution >= 0.6 is 22.7 Å². The van der Waals surface area contributed by atoms with E-state index in [2.05, 4.69) is 208 Å². The zero-order valence-electron chi connectivity index (χ0n) is 33.8. The van der Waals surface area contributed by atoms with Crippen LogP contribution < -0.4 is 0 Å². The molecule has 1 aliphatic rings. The molecule has 2 aromatic heterocycles. The molecule has 1 aliphatic carbocycles. The van der Waals surface area contributed by atoms with E-state index in [1.807, 2.05) is 22.7 Å². The Kier molecular flexibility index (Phi) is 7.50. The Labute approximate surface area is 362 Å². The Hall–Kier alpha value is -6.84. The van der Waals surface area contributed by atoms with Gasteiger partial charge in [0.25, 0.3) is 0 Å². The van der Waals surface area contributed by atoms with Gasteiger partial charge < -0.3 is 0 Å². The third kappa shape index (κ3) is 5.23. The van der Waals surface area contributed by atoms with Gasteiger partial charge >= 0.3 is 0 Å². The molecule has 10 aromatic carbocycles. The fourth-order valence-corrected chi connectivity index (χ4v) is 12.8. The number of benzene rings is 10. The van der Waals surface area contributed by atoms with E-state index in [1.54, 1.807) is 0 Å². The SMILES string of the molecule is Cc1ccc(C2(c3ccc(C)s3)c3cc(-c4cccc5cc6cc7ccccc7cc6cc45)ccc3-c3ccc(-c4cccc5cc6cc7ccccc7cc6cc45)cc32)s1. The lowest BCUT2D eigenvalue weighted by Gasteiger charge is -2.31. The van der Waals surface area contributed by atoms with Gasteiger partial charge in [-0.05, 0) is 208 Å². The van der Waals surface area contributed by atoms with Crippen molar-refractivity contribution in [2.75, 3.05) is 0 Å². The minimum atomic E-state index is -0.471. The molecule has 2 heteroatoms. The van der Waals surface area contributed by atoms with E-state index in [0.717, 1.165) is 0 Å². The number of rotatable bonds is 4. The van der Waals surface area contributed by atoms with Crippen LogP contribution in [-0.4, -0.2) is 0 Å². The Morgan fingerprint density at radius 3 is 1.07 bits per heavy atom. The van der Waals surface area contributed by atoms with E-state index < -0.39 is 5.41 Å². The third-order valence-electron chi connectivity index (χ3n) is 13.4. The van der Waals surface area contributed by atoms with Crippen LogP contribution in [0.3, 0.4) is 0 Å². The Morgan fingerprint density at radius 1 is 0.295 bits per heavy atom. The first-order valence-corrected chi connectivity index (χ1v) is 22.8. The van der Waals surface area contributed by atoms with Gasteiger partial charge in [0, 0.05) is 19.5 Å². The molecule has 0 saturated heterocycles. The maximum Gasteiger partial charge on any atom is 0.0900 e. The maximum absolute atomic E-state index is 2.53. The number of hydrogen-bond donors (Lipinski definition) is 0. The van der Waals surface area contributed by atoms with E-state index in [0.29, 0.717) is 0 Å². The molecule has 0 atom stereocenters. The van der Waals surface area contributed by atoms with Crippen molar-refractivity contribution >= 4 is 87.3 Å². The molecule has 0 bridgehead atoms. The average Bonchev–Trinajstić information content (AvgIpc) is 4.01. The van der Waals surface area contributed by atoms with E-state index in [4.69, 9.17) is 0 Å². The second-order valence-corrected chi connectivity index (χ2v) is 19.5. The summed E-state index contributed by atoms with van der Waals surface area (Å²) in [6.45, 7) is 4.50. The number of thiophene rings is 2. The summed E-state index contributed by atoms with van der Waals surface area (Å²) in [6, 6.07) is 74.0. The zero-order chi connectivity index (χ0) is 40.4. The highest BCUT2D eigenvalue weighted by molar-refractivity contribution is 7.14. The molecule has 13 rings (SSSR count). The minimum absolute atomic E-state index is 0.471. The summed E-state index contributed by atoms with van der Waals surface area (Å²) in [4.78, 5) is 5.39. The van der Waals surface area contributed by atoms with Gasteiger partial charge in [-0.25, -0.2) is 0 Å². The summed E-state index contributed by atoms with van der Waals surface area (Å²) in [7, 11) is 0. The standard InChI is InChI=1S/C59H38S2/c1-35-17-23-57(60-35)59(58-24-18-36(2)61-58)55-33-43(49-15-7-13-41-29-45-25-37-9-3-5-11-39(37)27-47(45)31-53(41)49)19-21-51(55)52-22-20-44(34-56(52)59)50-16-8-14-42-30-46-26-38-10-4-6-12-40(38)28-48(46)32-54(42)50/h3-34H,1-2H3. The summed E-state index contributed by atoms with van der Waals surface area (Å²) >= 11 is 3.87. The van der Waals surface area contributed by atoms with E-state index in [1.165, 1.54) is 129 Å². The lowest BCUT2D eigenvalue weighted by molar-refractivity contribution is 0.808. The largest absolute Gasteiger partial charge is 0.144 e. The molecule has 0 fully saturated rings. The zero-order valence-corrected chi connectivity index (χ0v) is 35.4. The van der Waals surface area contributed by atoms with Crippen molar-refractivity contribution in [3.8, 4) is 33.4 Å². The molecule has 0 unspecified atom stereocenters. The highest BCUT2D eigenvalue weighted by Gasteiger charge is 2.48. The van der Waals surface area contributed by atoms with Crippen LogP contribution in [0.5, 0.6) is 0 Å². The van der Waals surface area contributed by atoms with Gasteiger partial charge in [0.1, 0.15) is 0 Å². The molecular weight excluding hydrogens is 773 g/mol. The summed E-state index contributed by atoms with van der Waals surface area (Å²) in [5.41, 5.74) is 9.91. The number of fused-ring (bicyclic) bond motifs is 9. The minimum Gasteiger partial charge on any atom is -0.144 e. The monoisotopic (exact) mass is 810 g/mol. The van der Waals surface area contributed by atoms with Gasteiger partial charge in [-0.15, -0.1) is 22.7 Å². The first kappa shape index (κ1) is 35.0. The number of hydrogen-bond acceptors (Lipinski definition) is 2. The van der Waals surface area contributed by atoms with Crippen LogP contribution in [0.15, 0.2) is 194 Å². The fraction of sp³-hybridized carbons (Fsp3) is 0.0508. The van der Waals surface area contributed by atoms with Crippen LogP contribution in [0.4, 0.5) is 0 Å². The van der Waals surface area contributed by atoms with Crippen molar-refractivity contribution in [2.24, 2.45) is 0 Å². The van der Waals surface area contributed by atoms with Crippen molar-refractivity contribution < 1.29 is 0 Å². The second-order valence-electron chi connectivity index (χ2n) is 16.9. The summed E-state index contributed by atoms with van der Waals surface area (Å²) in [5.74, 6) is 0. The molecule has 0 radical (unpaired) electrons. The van der Waals surface area contributed by atoms with Crippen LogP contribution in [0.25, 0.3) is 98.0 Å². The van der Waals surface area contributed by atoms with Gasteiger partial charge in [0.15, 0.2) is 0 Å². The molecular formula is C59H38S2. The van der Waals surface area contributed by atoms with Gasteiger partial charge in [-0.3, -0.25) is 0 Å². The van der Waals surface area contributed by atoms with E-state index >= 15 is 0 Å². The van der Waals surface area contributed by atoms with Crippen molar-refractivity contribution in [1.82, 2.24) is 0 Å². The molecule has 0 aliphatic heterocycles. The lowest BCUT2D eigenvalue weighted by atomic mass is 9.74. The van der Waals surface area contributed by atoms with Crippen LogP contribution in [0.2, 0.25) is 0 Å². The first-order chi connectivity index (χ1) is 30.0. The van der Waals surface area contributed by atoms with Crippen LogP contribution in [0, 0.1) is 13.8 Å². The Morgan fingerprint density at radius 2 is 0.672 bits per heavy atom. The Bertz CT molecular complexity index is 3550. The van der Waals surface area contributed by atoms with Crippen molar-refractivity contribution in [3.63, 3.8) is 0 Å². The molecule has 0 saturated carbocycles. The summed E-state index contributed by atoms with van der Waals surface area (Å²) in [6.07, 6.45) is 0. The highest BCUT2D eigenvalue weighted by atomic mass is 32.1. The predicted octanol–water partition coefficient (Wildman–Crippen LogP) is 17.0. The molecule has 0 spiro atoms. The normalized spacial score (nSPS) is 13.2. The predicted molar refractivity (Wildman–Crippen MR) is 265 cm³/mol. The molecule has 0 N–H and O–H groups in total. The number of aryl methyl sites for hydroxylation is 2. The topological polar surface area (TPSA) is 0 Å². The van der Waals surface area contributed by atoms with Crippen LogP contribution in [0.1, 0.15) is 30.6 Å². The highest BCUT2D eigenvalue weighted by Crippen LogP contribution is 2.60. The van der Waals surface area contributed by atoms with Crippen LogP contribution in [-0.2, 0) is 5.41 Å². The van der Waals surface area contributed by atoms with E-state index in [-0.39, 0.29) is 0 Å². The molecule has 2 heterocycles. The smallest absolute Gasteiger partial charge is 0.0900 e. The Balaban J connectivity index is 1.05. The average molecular weight is 811 g/mol. The second kappa shape index (κ2) is 13.1. The summed E-state index contributed by atoms with van der Waals surface area (Å²) < 4.78 is 0. The molecule has 0 amide bonds. The van der Waals surface area contributed by atoms with Gasteiger partial charge in [-0.2, -0.15) is 0 Å². The molecule has 61 heavy (non-hydrogen) atoms. The van der Waals surface area contributed by atoms with Gasteiger partial charge in [-0.1, -0.05) is 109 Å².